The first-order valence-corrected chi connectivity index (χ1v) is 9.53. The van der Waals surface area contributed by atoms with Crippen LogP contribution in [0.1, 0.15) is 25.5 Å². The van der Waals surface area contributed by atoms with Gasteiger partial charge in [0.2, 0.25) is 0 Å². The van der Waals surface area contributed by atoms with Gasteiger partial charge in [0.15, 0.2) is 0 Å². The third kappa shape index (κ3) is 3.74. The molecule has 2 aromatic carbocycles. The van der Waals surface area contributed by atoms with Crippen molar-refractivity contribution < 1.29 is 10.2 Å². The van der Waals surface area contributed by atoms with Gasteiger partial charge in [-0.2, -0.15) is 0 Å². The van der Waals surface area contributed by atoms with Crippen molar-refractivity contribution in [1.82, 2.24) is 14.5 Å². The van der Waals surface area contributed by atoms with E-state index in [0.717, 1.165) is 22.5 Å². The molecule has 0 aliphatic rings. The number of hydrogen-bond acceptors (Lipinski definition) is 4. The highest BCUT2D eigenvalue weighted by molar-refractivity contribution is 5.79. The van der Waals surface area contributed by atoms with Crippen LogP contribution in [-0.4, -0.2) is 52.0 Å². The Hall–Kier alpha value is -2.47. The lowest BCUT2D eigenvalue weighted by molar-refractivity contribution is 0.0790. The summed E-state index contributed by atoms with van der Waals surface area (Å²) in [6.07, 6.45) is 1.71. The van der Waals surface area contributed by atoms with Crippen LogP contribution in [0.5, 0.6) is 0 Å². The van der Waals surface area contributed by atoms with Gasteiger partial charge in [0.05, 0.1) is 36.5 Å². The minimum atomic E-state index is -0.842. The van der Waals surface area contributed by atoms with Gasteiger partial charge in [-0.3, -0.25) is 0 Å². The normalized spacial score (nSPS) is 13.1. The maximum Gasteiger partial charge on any atom is 0.0965 e. The highest BCUT2D eigenvalue weighted by Gasteiger charge is 2.29. The predicted molar refractivity (Wildman–Crippen MR) is 113 cm³/mol. The van der Waals surface area contributed by atoms with Crippen LogP contribution in [0, 0.1) is 0 Å². The fourth-order valence-corrected chi connectivity index (χ4v) is 3.26. The molecule has 5 nitrogen and oxygen atoms in total. The van der Waals surface area contributed by atoms with Crippen LogP contribution in [0.2, 0.25) is 0 Å². The maximum atomic E-state index is 9.95. The van der Waals surface area contributed by atoms with Crippen molar-refractivity contribution in [3.63, 3.8) is 0 Å². The van der Waals surface area contributed by atoms with Crippen molar-refractivity contribution in [3.05, 3.63) is 66.5 Å². The Kier molecular flexibility index (Phi) is 5.98. The minimum Gasteiger partial charge on any atom is -0.394 e. The third-order valence-corrected chi connectivity index (χ3v) is 5.52. The van der Waals surface area contributed by atoms with E-state index >= 15 is 0 Å². The Morgan fingerprint density at radius 3 is 2.11 bits per heavy atom. The van der Waals surface area contributed by atoms with Crippen LogP contribution in [0.25, 0.3) is 22.5 Å². The predicted octanol–water partition coefficient (Wildman–Crippen LogP) is 3.54. The van der Waals surface area contributed by atoms with Crippen LogP contribution >= 0.6 is 0 Å². The SMILES string of the molecule is C[C@@H](c1ccc(-c2c(-c3ccccc3)ncn2C(C)(CO)CO)cc1)N(C)C. The molecule has 148 valence electrons. The first-order valence-electron chi connectivity index (χ1n) is 9.53. The molecule has 0 aliphatic carbocycles. The summed E-state index contributed by atoms with van der Waals surface area (Å²) in [5.74, 6) is 0. The van der Waals surface area contributed by atoms with E-state index in [9.17, 15) is 10.2 Å². The topological polar surface area (TPSA) is 61.5 Å². The molecule has 28 heavy (non-hydrogen) atoms. The van der Waals surface area contributed by atoms with E-state index in [1.807, 2.05) is 41.8 Å². The summed E-state index contributed by atoms with van der Waals surface area (Å²) in [6, 6.07) is 18.7. The molecule has 0 radical (unpaired) electrons. The first kappa shape index (κ1) is 20.3. The van der Waals surface area contributed by atoms with Crippen molar-refractivity contribution in [3.8, 4) is 22.5 Å². The van der Waals surface area contributed by atoms with Crippen molar-refractivity contribution in [1.29, 1.82) is 0 Å². The van der Waals surface area contributed by atoms with Gasteiger partial charge in [0.25, 0.3) is 0 Å². The average molecular weight is 380 g/mol. The second-order valence-corrected chi connectivity index (χ2v) is 7.75. The van der Waals surface area contributed by atoms with Crippen LogP contribution in [0.15, 0.2) is 60.9 Å². The maximum absolute atomic E-state index is 9.95. The molecule has 0 saturated carbocycles. The first-order chi connectivity index (χ1) is 13.4. The highest BCUT2D eigenvalue weighted by atomic mass is 16.3. The Morgan fingerprint density at radius 2 is 1.57 bits per heavy atom. The number of aliphatic hydroxyl groups excluding tert-OH is 2. The average Bonchev–Trinajstić information content (AvgIpc) is 3.19. The van der Waals surface area contributed by atoms with Crippen molar-refractivity contribution in [2.24, 2.45) is 0 Å². The standard InChI is InChI=1S/C23H29N3O2/c1-17(25(3)4)18-10-12-20(13-11-18)22-21(19-8-6-5-7-9-19)24-16-26(22)23(2,14-27)15-28/h5-13,16-17,27-28H,14-15H2,1-4H3/t17-/m0/s1. The lowest BCUT2D eigenvalue weighted by atomic mass is 9.98. The molecule has 1 atom stereocenters. The van der Waals surface area contributed by atoms with Crippen LogP contribution in [0.3, 0.4) is 0 Å². The number of aliphatic hydroxyl groups is 2. The van der Waals surface area contributed by atoms with Gasteiger partial charge in [-0.05, 0) is 33.5 Å². The number of hydrogen-bond donors (Lipinski definition) is 2. The number of imidazole rings is 1. The van der Waals surface area contributed by atoms with E-state index in [0.29, 0.717) is 6.04 Å². The zero-order valence-corrected chi connectivity index (χ0v) is 17.0. The van der Waals surface area contributed by atoms with Gasteiger partial charge < -0.3 is 19.7 Å². The van der Waals surface area contributed by atoms with Crippen molar-refractivity contribution in [2.75, 3.05) is 27.3 Å². The summed E-state index contributed by atoms with van der Waals surface area (Å²) < 4.78 is 1.89. The molecule has 3 rings (SSSR count). The molecule has 1 heterocycles. The summed E-state index contributed by atoms with van der Waals surface area (Å²) in [5, 5.41) is 19.9. The molecule has 0 aliphatic heterocycles. The molecule has 0 bridgehead atoms. The number of benzene rings is 2. The molecule has 0 spiro atoms. The van der Waals surface area contributed by atoms with Crippen LogP contribution in [0.4, 0.5) is 0 Å². The Balaban J connectivity index is 2.16. The fraction of sp³-hybridized carbons (Fsp3) is 0.348. The largest absolute Gasteiger partial charge is 0.394 e. The molecular weight excluding hydrogens is 350 g/mol. The molecule has 0 unspecified atom stereocenters. The smallest absolute Gasteiger partial charge is 0.0965 e. The molecule has 0 amide bonds. The molecule has 5 heteroatoms. The summed E-state index contributed by atoms with van der Waals surface area (Å²) in [4.78, 5) is 6.81. The molecular formula is C23H29N3O2. The van der Waals surface area contributed by atoms with E-state index in [1.54, 1.807) is 6.33 Å². The molecule has 2 N–H and O–H groups in total. The Labute approximate surface area is 166 Å². The zero-order valence-electron chi connectivity index (χ0n) is 17.0. The molecule has 0 fully saturated rings. The van der Waals surface area contributed by atoms with Gasteiger partial charge in [-0.1, -0.05) is 54.6 Å². The third-order valence-electron chi connectivity index (χ3n) is 5.52. The van der Waals surface area contributed by atoms with E-state index in [4.69, 9.17) is 0 Å². The number of rotatable bonds is 7. The fourth-order valence-electron chi connectivity index (χ4n) is 3.26. The van der Waals surface area contributed by atoms with E-state index < -0.39 is 5.54 Å². The quantitative estimate of drug-likeness (QED) is 0.659. The summed E-state index contributed by atoms with van der Waals surface area (Å²) in [6.45, 7) is 3.63. The van der Waals surface area contributed by atoms with Crippen molar-refractivity contribution in [2.45, 2.75) is 25.4 Å². The van der Waals surface area contributed by atoms with Gasteiger partial charge >= 0.3 is 0 Å². The minimum absolute atomic E-state index is 0.184. The zero-order chi connectivity index (χ0) is 20.3. The van der Waals surface area contributed by atoms with Gasteiger partial charge in [-0.25, -0.2) is 4.98 Å². The molecule has 3 aromatic rings. The summed E-state index contributed by atoms with van der Waals surface area (Å²) in [7, 11) is 4.13. The van der Waals surface area contributed by atoms with E-state index in [-0.39, 0.29) is 13.2 Å². The number of aromatic nitrogens is 2. The lowest BCUT2D eigenvalue weighted by Crippen LogP contribution is -2.38. The second-order valence-electron chi connectivity index (χ2n) is 7.75. The van der Waals surface area contributed by atoms with E-state index in [2.05, 4.69) is 55.2 Å². The molecule has 1 aromatic heterocycles. The summed E-state index contributed by atoms with van der Waals surface area (Å²) in [5.41, 5.74) is 4.11. The van der Waals surface area contributed by atoms with Crippen LogP contribution in [-0.2, 0) is 5.54 Å². The lowest BCUT2D eigenvalue weighted by Gasteiger charge is -2.29. The van der Waals surface area contributed by atoms with Gasteiger partial charge in [-0.15, -0.1) is 0 Å². The van der Waals surface area contributed by atoms with Gasteiger partial charge in [0.1, 0.15) is 0 Å². The monoisotopic (exact) mass is 379 g/mol. The number of nitrogens with zero attached hydrogens (tertiary/aromatic N) is 3. The van der Waals surface area contributed by atoms with Crippen LogP contribution < -0.4 is 0 Å². The highest BCUT2D eigenvalue weighted by Crippen LogP contribution is 2.35. The Bertz CT molecular complexity index is 897. The summed E-state index contributed by atoms with van der Waals surface area (Å²) >= 11 is 0. The van der Waals surface area contributed by atoms with E-state index in [1.165, 1.54) is 5.56 Å². The van der Waals surface area contributed by atoms with Gasteiger partial charge in [0, 0.05) is 17.2 Å². The second kappa shape index (κ2) is 8.27. The molecule has 0 saturated heterocycles. The van der Waals surface area contributed by atoms with Crippen molar-refractivity contribution >= 4 is 0 Å². The Morgan fingerprint density at radius 1 is 0.964 bits per heavy atom.